The van der Waals surface area contributed by atoms with Crippen molar-refractivity contribution in [1.82, 2.24) is 9.97 Å². The second-order valence-electron chi connectivity index (χ2n) is 3.26. The van der Waals surface area contributed by atoms with Crippen LogP contribution in [0.2, 0.25) is 0 Å². The van der Waals surface area contributed by atoms with Gasteiger partial charge in [-0.2, -0.15) is 0 Å². The minimum Gasteiger partial charge on any atom is -0.395 e. The van der Waals surface area contributed by atoms with Gasteiger partial charge in [0.15, 0.2) is 0 Å². The normalized spacial score (nSPS) is 12.3. The lowest BCUT2D eigenvalue weighted by molar-refractivity contribution is 0.264. The quantitative estimate of drug-likeness (QED) is 0.693. The number of hydrogen-bond donors (Lipinski definition) is 3. The number of hydrogen-bond acceptors (Lipinski definition) is 3. The molecule has 4 nitrogen and oxygen atoms in total. The summed E-state index contributed by atoms with van der Waals surface area (Å²) < 4.78 is 0. The van der Waals surface area contributed by atoms with Crippen LogP contribution >= 0.6 is 12.4 Å². The second-order valence-corrected chi connectivity index (χ2v) is 3.26. The largest absolute Gasteiger partial charge is 0.395 e. The van der Waals surface area contributed by atoms with E-state index < -0.39 is 0 Å². The van der Waals surface area contributed by atoms with Crippen LogP contribution in [-0.2, 0) is 12.8 Å². The number of imidazole rings is 1. The smallest absolute Gasteiger partial charge is 0.106 e. The molecule has 1 unspecified atom stereocenters. The lowest BCUT2D eigenvalue weighted by Crippen LogP contribution is -2.27. The number of H-pyrrole nitrogens is 1. The molecule has 0 aliphatic heterocycles. The highest BCUT2D eigenvalue weighted by Crippen LogP contribution is 2.07. The van der Waals surface area contributed by atoms with Crippen molar-refractivity contribution in [3.63, 3.8) is 0 Å². The highest BCUT2D eigenvalue weighted by atomic mass is 35.5. The van der Waals surface area contributed by atoms with E-state index in [4.69, 9.17) is 10.8 Å². The first kappa shape index (κ1) is 13.4. The van der Waals surface area contributed by atoms with E-state index in [1.807, 2.05) is 13.8 Å². The van der Waals surface area contributed by atoms with Crippen molar-refractivity contribution in [1.29, 1.82) is 0 Å². The van der Waals surface area contributed by atoms with Crippen LogP contribution in [0, 0.1) is 6.92 Å². The zero-order valence-corrected chi connectivity index (χ0v) is 9.40. The molecule has 1 aromatic heterocycles. The standard InChI is InChI=1S/C9H17N3O.ClH/c1-3-9-11-6(2)8(12-9)4-7(10)5-13;/h7,13H,3-5,10H2,1-2H3,(H,11,12);1H. The van der Waals surface area contributed by atoms with Gasteiger partial charge in [-0.3, -0.25) is 0 Å². The molecule has 1 rings (SSSR count). The van der Waals surface area contributed by atoms with Crippen molar-refractivity contribution in [2.24, 2.45) is 5.73 Å². The minimum atomic E-state index is -0.202. The Balaban J connectivity index is 0.00000169. The molecule has 1 heterocycles. The van der Waals surface area contributed by atoms with Gasteiger partial charge in [0.25, 0.3) is 0 Å². The lowest BCUT2D eigenvalue weighted by atomic mass is 10.1. The molecule has 0 aromatic carbocycles. The van der Waals surface area contributed by atoms with Crippen LogP contribution in [0.25, 0.3) is 0 Å². The Morgan fingerprint density at radius 2 is 2.21 bits per heavy atom. The summed E-state index contributed by atoms with van der Waals surface area (Å²) in [5, 5.41) is 8.79. The molecule has 14 heavy (non-hydrogen) atoms. The van der Waals surface area contributed by atoms with Gasteiger partial charge in [-0.05, 0) is 6.92 Å². The van der Waals surface area contributed by atoms with E-state index in [0.717, 1.165) is 23.6 Å². The van der Waals surface area contributed by atoms with E-state index in [-0.39, 0.29) is 25.1 Å². The third-order valence-electron chi connectivity index (χ3n) is 2.06. The Bertz CT molecular complexity index is 275. The van der Waals surface area contributed by atoms with Gasteiger partial charge in [0.05, 0.1) is 12.3 Å². The Kier molecular flexibility index (Phi) is 5.76. The molecule has 82 valence electrons. The van der Waals surface area contributed by atoms with Gasteiger partial charge in [-0.15, -0.1) is 12.4 Å². The summed E-state index contributed by atoms with van der Waals surface area (Å²) in [6.45, 7) is 4.04. The van der Waals surface area contributed by atoms with Gasteiger partial charge in [-0.1, -0.05) is 6.92 Å². The molecule has 1 atom stereocenters. The fraction of sp³-hybridized carbons (Fsp3) is 0.667. The molecule has 0 fully saturated rings. The fourth-order valence-electron chi connectivity index (χ4n) is 1.24. The molecule has 0 spiro atoms. The van der Waals surface area contributed by atoms with E-state index in [1.54, 1.807) is 0 Å². The van der Waals surface area contributed by atoms with Gasteiger partial charge in [0.1, 0.15) is 5.82 Å². The Labute approximate surface area is 90.3 Å². The first-order valence-electron chi connectivity index (χ1n) is 4.58. The summed E-state index contributed by atoms with van der Waals surface area (Å²) in [4.78, 5) is 7.55. The number of nitrogens with two attached hydrogens (primary N) is 1. The molecule has 0 aliphatic rings. The molecular formula is C9H18ClN3O. The monoisotopic (exact) mass is 219 g/mol. The van der Waals surface area contributed by atoms with Crippen LogP contribution in [0.3, 0.4) is 0 Å². The third kappa shape index (κ3) is 3.29. The van der Waals surface area contributed by atoms with Crippen LogP contribution < -0.4 is 5.73 Å². The molecular weight excluding hydrogens is 202 g/mol. The number of nitrogens with zero attached hydrogens (tertiary/aromatic N) is 1. The number of aliphatic hydroxyl groups excluding tert-OH is 1. The van der Waals surface area contributed by atoms with E-state index in [2.05, 4.69) is 9.97 Å². The van der Waals surface area contributed by atoms with Crippen LogP contribution in [0.15, 0.2) is 0 Å². The molecule has 0 amide bonds. The lowest BCUT2D eigenvalue weighted by Gasteiger charge is -2.05. The van der Waals surface area contributed by atoms with E-state index in [9.17, 15) is 0 Å². The zero-order valence-electron chi connectivity index (χ0n) is 8.58. The summed E-state index contributed by atoms with van der Waals surface area (Å²) in [5.41, 5.74) is 7.65. The summed E-state index contributed by atoms with van der Waals surface area (Å²) in [6.07, 6.45) is 1.54. The van der Waals surface area contributed by atoms with Crippen LogP contribution in [0.4, 0.5) is 0 Å². The molecule has 0 saturated carbocycles. The van der Waals surface area contributed by atoms with Crippen molar-refractivity contribution in [3.8, 4) is 0 Å². The van der Waals surface area contributed by atoms with Gasteiger partial charge in [0.2, 0.25) is 0 Å². The predicted molar refractivity (Wildman–Crippen MR) is 58.7 cm³/mol. The second kappa shape index (κ2) is 6.01. The highest BCUT2D eigenvalue weighted by molar-refractivity contribution is 5.85. The maximum Gasteiger partial charge on any atom is 0.106 e. The van der Waals surface area contributed by atoms with Gasteiger partial charge in [-0.25, -0.2) is 4.98 Å². The zero-order chi connectivity index (χ0) is 9.84. The maximum absolute atomic E-state index is 8.79. The van der Waals surface area contributed by atoms with Gasteiger partial charge in [0, 0.05) is 24.6 Å². The third-order valence-corrected chi connectivity index (χ3v) is 2.06. The minimum absolute atomic E-state index is 0. The summed E-state index contributed by atoms with van der Waals surface area (Å²) in [7, 11) is 0. The number of aryl methyl sites for hydroxylation is 2. The average molecular weight is 220 g/mol. The molecule has 0 saturated heterocycles. The number of aromatic amines is 1. The number of halogens is 1. The number of nitrogens with one attached hydrogen (secondary N) is 1. The summed E-state index contributed by atoms with van der Waals surface area (Å²) in [6, 6.07) is -0.202. The number of rotatable bonds is 4. The van der Waals surface area contributed by atoms with Crippen molar-refractivity contribution in [3.05, 3.63) is 17.2 Å². The Morgan fingerprint density at radius 1 is 1.57 bits per heavy atom. The number of aromatic nitrogens is 2. The molecule has 1 aromatic rings. The highest BCUT2D eigenvalue weighted by Gasteiger charge is 2.09. The van der Waals surface area contributed by atoms with Crippen molar-refractivity contribution in [2.45, 2.75) is 32.7 Å². The van der Waals surface area contributed by atoms with Crippen molar-refractivity contribution in [2.75, 3.05) is 6.61 Å². The van der Waals surface area contributed by atoms with Crippen LogP contribution in [0.5, 0.6) is 0 Å². The fourth-order valence-corrected chi connectivity index (χ4v) is 1.24. The van der Waals surface area contributed by atoms with Crippen LogP contribution in [-0.4, -0.2) is 27.7 Å². The first-order valence-corrected chi connectivity index (χ1v) is 4.58. The average Bonchev–Trinajstić information content (AvgIpc) is 2.47. The molecule has 0 bridgehead atoms. The van der Waals surface area contributed by atoms with Crippen LogP contribution in [0.1, 0.15) is 24.1 Å². The molecule has 0 radical (unpaired) electrons. The maximum atomic E-state index is 8.79. The van der Waals surface area contributed by atoms with Gasteiger partial charge < -0.3 is 15.8 Å². The summed E-state index contributed by atoms with van der Waals surface area (Å²) in [5.74, 6) is 0.984. The predicted octanol–water partition coefficient (Wildman–Crippen LogP) is 0.564. The van der Waals surface area contributed by atoms with Crippen molar-refractivity contribution >= 4 is 12.4 Å². The molecule has 5 heteroatoms. The van der Waals surface area contributed by atoms with E-state index >= 15 is 0 Å². The van der Waals surface area contributed by atoms with Crippen molar-refractivity contribution < 1.29 is 5.11 Å². The van der Waals surface area contributed by atoms with E-state index in [1.165, 1.54) is 0 Å². The van der Waals surface area contributed by atoms with Gasteiger partial charge >= 0.3 is 0 Å². The van der Waals surface area contributed by atoms with E-state index in [0.29, 0.717) is 6.42 Å². The Morgan fingerprint density at radius 3 is 2.64 bits per heavy atom. The SMILES string of the molecule is CCc1nc(CC(N)CO)c(C)[nH]1.Cl. The Hall–Kier alpha value is -0.580. The summed E-state index contributed by atoms with van der Waals surface area (Å²) >= 11 is 0. The molecule has 0 aliphatic carbocycles. The number of aliphatic hydroxyl groups is 1. The topological polar surface area (TPSA) is 74.9 Å². The molecule has 4 N–H and O–H groups in total. The first-order chi connectivity index (χ1) is 6.17.